The molecule has 0 amide bonds. The SMILES string of the molecule is CC(=O)c1cc(Br)ccc1-n1ccc(C(C)C)n1. The minimum absolute atomic E-state index is 0.0351. The summed E-state index contributed by atoms with van der Waals surface area (Å²) in [6, 6.07) is 7.63. The number of ketones is 1. The molecule has 1 heterocycles. The van der Waals surface area contributed by atoms with Crippen molar-refractivity contribution in [1.82, 2.24) is 9.78 Å². The average molecular weight is 307 g/mol. The Morgan fingerprint density at radius 3 is 2.61 bits per heavy atom. The van der Waals surface area contributed by atoms with Crippen molar-refractivity contribution in [1.29, 1.82) is 0 Å². The normalized spacial score (nSPS) is 10.9. The Balaban J connectivity index is 2.52. The summed E-state index contributed by atoms with van der Waals surface area (Å²) in [6.45, 7) is 5.76. The van der Waals surface area contributed by atoms with Gasteiger partial charge >= 0.3 is 0 Å². The molecule has 0 N–H and O–H groups in total. The predicted molar refractivity (Wildman–Crippen MR) is 75.4 cm³/mol. The fraction of sp³-hybridized carbons (Fsp3) is 0.286. The number of hydrogen-bond acceptors (Lipinski definition) is 2. The Bertz CT molecular complexity index is 587. The van der Waals surface area contributed by atoms with E-state index < -0.39 is 0 Å². The maximum absolute atomic E-state index is 11.7. The first kappa shape index (κ1) is 13.0. The van der Waals surface area contributed by atoms with Gasteiger partial charge in [-0.2, -0.15) is 5.10 Å². The molecule has 0 saturated carbocycles. The van der Waals surface area contributed by atoms with E-state index in [1.54, 1.807) is 11.6 Å². The second kappa shape index (κ2) is 5.06. The summed E-state index contributed by atoms with van der Waals surface area (Å²) in [7, 11) is 0. The molecular weight excluding hydrogens is 292 g/mol. The van der Waals surface area contributed by atoms with Crippen molar-refractivity contribution in [2.45, 2.75) is 26.7 Å². The highest BCUT2D eigenvalue weighted by Gasteiger charge is 2.11. The fourth-order valence-electron chi connectivity index (χ4n) is 1.77. The van der Waals surface area contributed by atoms with Gasteiger partial charge < -0.3 is 0 Å². The summed E-state index contributed by atoms with van der Waals surface area (Å²) in [4.78, 5) is 11.7. The number of halogens is 1. The zero-order valence-electron chi connectivity index (χ0n) is 10.6. The van der Waals surface area contributed by atoms with Crippen molar-refractivity contribution in [3.8, 4) is 5.69 Å². The number of hydrogen-bond donors (Lipinski definition) is 0. The molecule has 0 saturated heterocycles. The maximum atomic E-state index is 11.7. The lowest BCUT2D eigenvalue weighted by atomic mass is 10.1. The summed E-state index contributed by atoms with van der Waals surface area (Å²) < 4.78 is 2.66. The summed E-state index contributed by atoms with van der Waals surface area (Å²) >= 11 is 3.38. The van der Waals surface area contributed by atoms with Crippen LogP contribution in [0.3, 0.4) is 0 Å². The second-order valence-electron chi connectivity index (χ2n) is 4.56. The van der Waals surface area contributed by atoms with Crippen LogP contribution in [0.1, 0.15) is 42.7 Å². The van der Waals surface area contributed by atoms with Gasteiger partial charge in [0.25, 0.3) is 0 Å². The first-order valence-corrected chi connectivity index (χ1v) is 6.64. The molecule has 0 spiro atoms. The van der Waals surface area contributed by atoms with Crippen LogP contribution in [0.5, 0.6) is 0 Å². The molecule has 18 heavy (non-hydrogen) atoms. The van der Waals surface area contributed by atoms with E-state index in [2.05, 4.69) is 34.9 Å². The lowest BCUT2D eigenvalue weighted by Gasteiger charge is -2.08. The maximum Gasteiger partial charge on any atom is 0.162 e. The molecule has 0 bridgehead atoms. The standard InChI is InChI=1S/C14H15BrN2O/c1-9(2)13-6-7-17(16-13)14-5-4-11(15)8-12(14)10(3)18/h4-9H,1-3H3. The number of aromatic nitrogens is 2. The average Bonchev–Trinajstić information content (AvgIpc) is 2.78. The lowest BCUT2D eigenvalue weighted by molar-refractivity contribution is 0.101. The molecule has 3 nitrogen and oxygen atoms in total. The molecular formula is C14H15BrN2O. The van der Waals surface area contributed by atoms with Crippen molar-refractivity contribution in [3.63, 3.8) is 0 Å². The largest absolute Gasteiger partial charge is 0.294 e. The van der Waals surface area contributed by atoms with Crippen molar-refractivity contribution >= 4 is 21.7 Å². The molecule has 94 valence electrons. The topological polar surface area (TPSA) is 34.9 Å². The smallest absolute Gasteiger partial charge is 0.162 e. The van der Waals surface area contributed by atoms with Crippen LogP contribution in [0.25, 0.3) is 5.69 Å². The number of Topliss-reactive ketones (excluding diaryl/α,β-unsaturated/α-hetero) is 1. The number of rotatable bonds is 3. The Kier molecular flexibility index (Phi) is 3.66. The monoisotopic (exact) mass is 306 g/mol. The Hall–Kier alpha value is -1.42. The van der Waals surface area contributed by atoms with Crippen LogP contribution in [0.2, 0.25) is 0 Å². The van der Waals surface area contributed by atoms with E-state index in [9.17, 15) is 4.79 Å². The van der Waals surface area contributed by atoms with Gasteiger partial charge in [0.1, 0.15) is 0 Å². The van der Waals surface area contributed by atoms with Crippen LogP contribution >= 0.6 is 15.9 Å². The van der Waals surface area contributed by atoms with Gasteiger partial charge in [-0.15, -0.1) is 0 Å². The van der Waals surface area contributed by atoms with Gasteiger partial charge in [0.2, 0.25) is 0 Å². The fourth-order valence-corrected chi connectivity index (χ4v) is 2.13. The van der Waals surface area contributed by atoms with Crippen LogP contribution in [0.4, 0.5) is 0 Å². The lowest BCUT2D eigenvalue weighted by Crippen LogP contribution is -2.04. The molecule has 4 heteroatoms. The Morgan fingerprint density at radius 2 is 2.06 bits per heavy atom. The number of carbonyl (C=O) groups excluding carboxylic acids is 1. The molecule has 0 fully saturated rings. The van der Waals surface area contributed by atoms with Crippen LogP contribution < -0.4 is 0 Å². The molecule has 0 aliphatic rings. The minimum Gasteiger partial charge on any atom is -0.294 e. The second-order valence-corrected chi connectivity index (χ2v) is 5.47. The third-order valence-electron chi connectivity index (χ3n) is 2.79. The Labute approximate surface area is 115 Å². The third kappa shape index (κ3) is 2.53. The van der Waals surface area contributed by atoms with Gasteiger partial charge in [-0.25, -0.2) is 4.68 Å². The molecule has 0 radical (unpaired) electrons. The number of nitrogens with zero attached hydrogens (tertiary/aromatic N) is 2. The zero-order valence-corrected chi connectivity index (χ0v) is 12.2. The highest BCUT2D eigenvalue weighted by Crippen LogP contribution is 2.21. The Morgan fingerprint density at radius 1 is 1.33 bits per heavy atom. The van der Waals surface area contributed by atoms with Crippen LogP contribution in [0, 0.1) is 0 Å². The van der Waals surface area contributed by atoms with E-state index in [0.717, 1.165) is 15.9 Å². The summed E-state index contributed by atoms with van der Waals surface area (Å²) in [5, 5.41) is 4.50. The summed E-state index contributed by atoms with van der Waals surface area (Å²) in [5.74, 6) is 0.412. The minimum atomic E-state index is 0.0351. The highest BCUT2D eigenvalue weighted by molar-refractivity contribution is 9.10. The number of carbonyl (C=O) groups is 1. The molecule has 2 aromatic rings. The molecule has 1 aromatic carbocycles. The quantitative estimate of drug-likeness (QED) is 0.804. The van der Waals surface area contributed by atoms with Gasteiger partial charge in [0, 0.05) is 16.2 Å². The van der Waals surface area contributed by atoms with Crippen molar-refractivity contribution in [2.24, 2.45) is 0 Å². The van der Waals surface area contributed by atoms with Crippen molar-refractivity contribution in [2.75, 3.05) is 0 Å². The van der Waals surface area contributed by atoms with E-state index >= 15 is 0 Å². The molecule has 0 aliphatic heterocycles. The zero-order chi connectivity index (χ0) is 13.3. The van der Waals surface area contributed by atoms with E-state index in [0.29, 0.717) is 11.5 Å². The predicted octanol–water partition coefficient (Wildman–Crippen LogP) is 3.96. The summed E-state index contributed by atoms with van der Waals surface area (Å²) in [6.07, 6.45) is 1.89. The van der Waals surface area contributed by atoms with Gasteiger partial charge in [-0.05, 0) is 37.1 Å². The highest BCUT2D eigenvalue weighted by atomic mass is 79.9. The van der Waals surface area contributed by atoms with Gasteiger partial charge in [0.05, 0.1) is 11.4 Å². The van der Waals surface area contributed by atoms with Crippen molar-refractivity contribution in [3.05, 3.63) is 46.2 Å². The number of benzene rings is 1. The van der Waals surface area contributed by atoms with E-state index in [1.165, 1.54) is 0 Å². The first-order valence-electron chi connectivity index (χ1n) is 5.85. The molecule has 0 unspecified atom stereocenters. The summed E-state index contributed by atoms with van der Waals surface area (Å²) in [5.41, 5.74) is 2.51. The molecule has 0 atom stereocenters. The van der Waals surface area contributed by atoms with Gasteiger partial charge in [-0.1, -0.05) is 29.8 Å². The molecule has 0 aliphatic carbocycles. The molecule has 2 rings (SSSR count). The van der Waals surface area contributed by atoms with Gasteiger partial charge in [-0.3, -0.25) is 4.79 Å². The van der Waals surface area contributed by atoms with Gasteiger partial charge in [0.15, 0.2) is 5.78 Å². The molecule has 1 aromatic heterocycles. The van der Waals surface area contributed by atoms with Crippen LogP contribution in [-0.2, 0) is 0 Å². The van der Waals surface area contributed by atoms with E-state index in [1.807, 2.05) is 30.5 Å². The van der Waals surface area contributed by atoms with Crippen LogP contribution in [0.15, 0.2) is 34.9 Å². The third-order valence-corrected chi connectivity index (χ3v) is 3.28. The van der Waals surface area contributed by atoms with Crippen molar-refractivity contribution < 1.29 is 4.79 Å². The van der Waals surface area contributed by atoms with E-state index in [4.69, 9.17) is 0 Å². The van der Waals surface area contributed by atoms with E-state index in [-0.39, 0.29) is 5.78 Å². The first-order chi connectivity index (χ1) is 8.49. The van der Waals surface area contributed by atoms with Crippen LogP contribution in [-0.4, -0.2) is 15.6 Å².